The van der Waals surface area contributed by atoms with Crippen LogP contribution in [-0.2, 0) is 21.7 Å². The second kappa shape index (κ2) is 14.4. The fourth-order valence-corrected chi connectivity index (χ4v) is 7.06. The molecule has 0 atom stereocenters. The quantitative estimate of drug-likeness (QED) is 0.178. The number of fused-ring (bicyclic) bond motifs is 8. The molecule has 0 saturated heterocycles. The number of rotatable bonds is 4. The fraction of sp³-hybridized carbons (Fsp3) is 0.417. The van der Waals surface area contributed by atoms with E-state index in [0.29, 0.717) is 22.3 Å². The van der Waals surface area contributed by atoms with Crippen LogP contribution in [0.1, 0.15) is 169 Å². The van der Waals surface area contributed by atoms with E-state index in [-0.39, 0.29) is 67.5 Å². The van der Waals surface area contributed by atoms with Crippen molar-refractivity contribution in [1.29, 1.82) is 0 Å². The highest BCUT2D eigenvalue weighted by molar-refractivity contribution is 6.23. The smallest absolute Gasteiger partial charge is 0.200 e. The predicted molar refractivity (Wildman–Crippen MR) is 221 cm³/mol. The molecule has 1 aliphatic rings. The Kier molecular flexibility index (Phi) is 10.7. The number of ether oxygens (including phenoxy) is 4. The van der Waals surface area contributed by atoms with Gasteiger partial charge in [0.1, 0.15) is 23.0 Å². The third-order valence-corrected chi connectivity index (χ3v) is 10.6. The molecule has 0 fully saturated rings. The van der Waals surface area contributed by atoms with Crippen molar-refractivity contribution in [2.45, 2.75) is 105 Å². The lowest BCUT2D eigenvalue weighted by Gasteiger charge is -2.27. The first-order valence-electron chi connectivity index (χ1n) is 18.9. The molecular formula is C48H56O8. The normalized spacial score (nSPS) is 13.9. The zero-order chi connectivity index (χ0) is 42.0. The van der Waals surface area contributed by atoms with E-state index in [4.69, 9.17) is 18.9 Å². The Morgan fingerprint density at radius 3 is 0.500 bits per heavy atom. The minimum Gasteiger partial charge on any atom is -0.495 e. The van der Waals surface area contributed by atoms with Crippen LogP contribution in [0.4, 0.5) is 0 Å². The maximum absolute atomic E-state index is 15.2. The van der Waals surface area contributed by atoms with E-state index in [1.165, 1.54) is 28.4 Å². The molecule has 8 bridgehead atoms. The number of hydrogen-bond donors (Lipinski definition) is 0. The summed E-state index contributed by atoms with van der Waals surface area (Å²) >= 11 is 0. The van der Waals surface area contributed by atoms with Crippen LogP contribution < -0.4 is 18.9 Å². The Hall–Kier alpha value is -5.24. The molecule has 5 rings (SSSR count). The molecule has 1 aliphatic carbocycles. The number of methoxy groups -OCH3 is 4. The number of ketones is 4. The average Bonchev–Trinajstić information content (AvgIpc) is 3.12. The van der Waals surface area contributed by atoms with Crippen LogP contribution in [0.3, 0.4) is 0 Å². The topological polar surface area (TPSA) is 105 Å². The summed E-state index contributed by atoms with van der Waals surface area (Å²) in [6.07, 6.45) is 0. The Labute approximate surface area is 331 Å². The van der Waals surface area contributed by atoms with Gasteiger partial charge < -0.3 is 18.9 Å². The first-order valence-corrected chi connectivity index (χ1v) is 18.9. The summed E-state index contributed by atoms with van der Waals surface area (Å²) in [6.45, 7) is 23.9. The number of carbonyl (C=O) groups excluding carboxylic acids is 4. The lowest BCUT2D eigenvalue weighted by atomic mass is 9.78. The Bertz CT molecular complexity index is 1860. The van der Waals surface area contributed by atoms with Crippen molar-refractivity contribution in [3.63, 3.8) is 0 Å². The second-order valence-corrected chi connectivity index (χ2v) is 18.7. The number of benzene rings is 4. The molecule has 56 heavy (non-hydrogen) atoms. The van der Waals surface area contributed by atoms with Crippen molar-refractivity contribution in [3.8, 4) is 23.0 Å². The second-order valence-electron chi connectivity index (χ2n) is 18.7. The first kappa shape index (κ1) is 41.9. The van der Waals surface area contributed by atoms with Crippen LogP contribution in [-0.4, -0.2) is 51.6 Å². The van der Waals surface area contributed by atoms with Crippen molar-refractivity contribution in [2.75, 3.05) is 28.4 Å². The molecule has 0 aromatic heterocycles. The molecule has 0 heterocycles. The maximum atomic E-state index is 15.2. The van der Waals surface area contributed by atoms with Gasteiger partial charge in [0.15, 0.2) is 0 Å². The molecule has 4 aromatic carbocycles. The van der Waals surface area contributed by atoms with Crippen LogP contribution in [0, 0.1) is 0 Å². The van der Waals surface area contributed by atoms with Gasteiger partial charge in [-0.1, -0.05) is 83.1 Å². The van der Waals surface area contributed by atoms with Gasteiger partial charge in [0, 0.05) is 0 Å². The lowest BCUT2D eigenvalue weighted by Crippen LogP contribution is -2.22. The van der Waals surface area contributed by atoms with Crippen molar-refractivity contribution in [3.05, 3.63) is 115 Å². The molecule has 8 heteroatoms. The van der Waals surface area contributed by atoms with Crippen LogP contribution in [0.5, 0.6) is 23.0 Å². The van der Waals surface area contributed by atoms with E-state index in [2.05, 4.69) is 0 Å². The van der Waals surface area contributed by atoms with Crippen molar-refractivity contribution < 1.29 is 38.1 Å². The van der Waals surface area contributed by atoms with Gasteiger partial charge in [-0.15, -0.1) is 0 Å². The Balaban J connectivity index is 2.13. The zero-order valence-corrected chi connectivity index (χ0v) is 35.9. The van der Waals surface area contributed by atoms with Gasteiger partial charge in [-0.05, 0) is 92.4 Å². The minimum absolute atomic E-state index is 0.0500. The Morgan fingerprint density at radius 2 is 0.411 bits per heavy atom. The molecule has 0 saturated carbocycles. The van der Waals surface area contributed by atoms with Gasteiger partial charge in [0.05, 0.1) is 72.9 Å². The van der Waals surface area contributed by atoms with E-state index in [0.717, 1.165) is 0 Å². The van der Waals surface area contributed by atoms with Gasteiger partial charge in [-0.3, -0.25) is 19.2 Å². The molecule has 296 valence electrons. The number of hydrogen-bond acceptors (Lipinski definition) is 8. The first-order chi connectivity index (χ1) is 25.8. The summed E-state index contributed by atoms with van der Waals surface area (Å²) in [5, 5.41) is 0. The van der Waals surface area contributed by atoms with Gasteiger partial charge in [-0.25, -0.2) is 0 Å². The molecule has 8 nitrogen and oxygen atoms in total. The summed E-state index contributed by atoms with van der Waals surface area (Å²) in [5.74, 6) is -1.77. The molecular weight excluding hydrogens is 705 g/mol. The standard InChI is InChI=1S/C48H56O8/c1-45(2,3)25-17-29-37(49)31-19-26(46(4,5)6)21-33(42(31)54-14)39(51)35-23-28(48(10,11)12)24-36(44(35)56-16)40(52)34-22-27(47(7,8)9)20-32(43(34)55-15)38(50)30(18-25)41(29)53-13/h17-24H,1-16H3. The van der Waals surface area contributed by atoms with E-state index in [9.17, 15) is 0 Å². The monoisotopic (exact) mass is 760 g/mol. The van der Waals surface area contributed by atoms with Gasteiger partial charge in [0.25, 0.3) is 0 Å². The highest BCUT2D eigenvalue weighted by atomic mass is 16.5. The molecule has 0 spiro atoms. The summed E-state index contributed by atoms with van der Waals surface area (Å²) in [7, 11) is 5.66. The summed E-state index contributed by atoms with van der Waals surface area (Å²) in [6, 6.07) is 13.9. The van der Waals surface area contributed by atoms with Crippen molar-refractivity contribution in [1.82, 2.24) is 0 Å². The zero-order valence-electron chi connectivity index (χ0n) is 35.9. The maximum Gasteiger partial charge on any atom is 0.200 e. The highest BCUT2D eigenvalue weighted by Gasteiger charge is 2.36. The molecule has 0 unspecified atom stereocenters. The molecule has 0 radical (unpaired) electrons. The van der Waals surface area contributed by atoms with E-state index < -0.39 is 44.8 Å². The minimum atomic E-state index is -0.516. The lowest BCUT2D eigenvalue weighted by molar-refractivity contribution is 0.102. The van der Waals surface area contributed by atoms with E-state index in [1.54, 1.807) is 48.5 Å². The molecule has 0 amide bonds. The number of carbonyl (C=O) groups is 4. The third-order valence-electron chi connectivity index (χ3n) is 10.6. The summed E-state index contributed by atoms with van der Waals surface area (Å²) in [4.78, 5) is 60.9. The van der Waals surface area contributed by atoms with Crippen molar-refractivity contribution >= 4 is 23.1 Å². The fourth-order valence-electron chi connectivity index (χ4n) is 7.06. The van der Waals surface area contributed by atoms with Gasteiger partial charge in [0.2, 0.25) is 23.1 Å². The van der Waals surface area contributed by atoms with Crippen LogP contribution >= 0.6 is 0 Å². The Morgan fingerprint density at radius 1 is 0.286 bits per heavy atom. The highest BCUT2D eigenvalue weighted by Crippen LogP contribution is 2.44. The summed E-state index contributed by atoms with van der Waals surface area (Å²) < 4.78 is 24.0. The van der Waals surface area contributed by atoms with Gasteiger partial charge >= 0.3 is 0 Å². The van der Waals surface area contributed by atoms with Crippen LogP contribution in [0.25, 0.3) is 0 Å². The van der Waals surface area contributed by atoms with Crippen LogP contribution in [0.2, 0.25) is 0 Å². The molecule has 4 aromatic rings. The average molecular weight is 761 g/mol. The predicted octanol–water partition coefficient (Wildman–Crippen LogP) is 10.1. The van der Waals surface area contributed by atoms with Crippen LogP contribution in [0.15, 0.2) is 48.5 Å². The SMILES string of the molecule is COc1c2cc(C(C)(C)C)cc1C(=O)c1cc(C(C)(C)C)cc(c1OC)C(=O)c1cc(C(C)(C)C)cc(c1OC)C(=O)c1cc(C(C)(C)C)cc(c1OC)C2=O. The van der Waals surface area contributed by atoms with Gasteiger partial charge in [-0.2, -0.15) is 0 Å². The molecule has 0 aliphatic heterocycles. The third kappa shape index (κ3) is 7.38. The largest absolute Gasteiger partial charge is 0.495 e. The van der Waals surface area contributed by atoms with E-state index >= 15 is 19.2 Å². The van der Waals surface area contributed by atoms with E-state index in [1.807, 2.05) is 83.1 Å². The van der Waals surface area contributed by atoms with Crippen molar-refractivity contribution in [2.24, 2.45) is 0 Å². The summed E-state index contributed by atoms with van der Waals surface area (Å²) in [5.41, 5.74) is 1.70. The molecule has 0 N–H and O–H groups in total.